The van der Waals surface area contributed by atoms with Crippen LogP contribution in [0.15, 0.2) is 48.7 Å². The number of nitrogens with one attached hydrogen (secondary N) is 3. The molecule has 0 aliphatic heterocycles. The Kier molecular flexibility index (Phi) is 5.48. The maximum absolute atomic E-state index is 11.9. The smallest absolute Gasteiger partial charge is 0.319 e. The number of hydrogen-bond acceptors (Lipinski definition) is 3. The fourth-order valence-corrected chi connectivity index (χ4v) is 1.90. The number of urea groups is 1. The quantitative estimate of drug-likeness (QED) is 0.785. The van der Waals surface area contributed by atoms with Crippen LogP contribution in [-0.2, 0) is 17.8 Å². The third kappa shape index (κ3) is 4.59. The number of benzene rings is 1. The molecule has 2 aromatic rings. The standard InChI is InChI=1S/C16H18N4O2/c1-17-15(21)10-12-6-2-3-8-14(12)20-16(22)19-11-13-7-4-5-9-18-13/h2-9H,10-11H2,1H3,(H,17,21)(H2,19,20,22). The maximum atomic E-state index is 11.9. The summed E-state index contributed by atoms with van der Waals surface area (Å²) in [6, 6.07) is 12.4. The average Bonchev–Trinajstić information content (AvgIpc) is 2.55. The van der Waals surface area contributed by atoms with E-state index in [0.717, 1.165) is 11.3 Å². The molecule has 0 spiro atoms. The van der Waals surface area contributed by atoms with E-state index in [1.54, 1.807) is 19.3 Å². The fourth-order valence-electron chi connectivity index (χ4n) is 1.90. The molecule has 0 unspecified atom stereocenters. The molecule has 1 aromatic carbocycles. The Morgan fingerprint density at radius 1 is 1.09 bits per heavy atom. The van der Waals surface area contributed by atoms with Gasteiger partial charge in [0, 0.05) is 18.9 Å². The molecule has 2 rings (SSSR count). The molecular formula is C16H18N4O2. The summed E-state index contributed by atoms with van der Waals surface area (Å²) in [6.45, 7) is 0.338. The third-order valence-electron chi connectivity index (χ3n) is 3.05. The second-order valence-corrected chi connectivity index (χ2v) is 4.64. The van der Waals surface area contributed by atoms with Gasteiger partial charge in [-0.3, -0.25) is 9.78 Å². The second kappa shape index (κ2) is 7.78. The van der Waals surface area contributed by atoms with Crippen molar-refractivity contribution in [2.45, 2.75) is 13.0 Å². The number of rotatable bonds is 5. The second-order valence-electron chi connectivity index (χ2n) is 4.64. The van der Waals surface area contributed by atoms with Gasteiger partial charge in [-0.05, 0) is 23.8 Å². The SMILES string of the molecule is CNC(=O)Cc1ccccc1NC(=O)NCc1ccccn1. The molecule has 3 N–H and O–H groups in total. The predicted octanol–water partition coefficient (Wildman–Crippen LogP) is 1.69. The van der Waals surface area contributed by atoms with Gasteiger partial charge in [-0.1, -0.05) is 24.3 Å². The van der Waals surface area contributed by atoms with Crippen molar-refractivity contribution in [1.82, 2.24) is 15.6 Å². The van der Waals surface area contributed by atoms with E-state index < -0.39 is 0 Å². The number of pyridine rings is 1. The van der Waals surface area contributed by atoms with Crippen molar-refractivity contribution < 1.29 is 9.59 Å². The summed E-state index contributed by atoms with van der Waals surface area (Å²) in [7, 11) is 1.58. The van der Waals surface area contributed by atoms with Crippen LogP contribution >= 0.6 is 0 Å². The lowest BCUT2D eigenvalue weighted by Crippen LogP contribution is -2.29. The Labute approximate surface area is 129 Å². The van der Waals surface area contributed by atoms with E-state index in [1.807, 2.05) is 36.4 Å². The van der Waals surface area contributed by atoms with Crippen LogP contribution < -0.4 is 16.0 Å². The number of anilines is 1. The summed E-state index contributed by atoms with van der Waals surface area (Å²) in [4.78, 5) is 27.6. The van der Waals surface area contributed by atoms with E-state index in [-0.39, 0.29) is 18.4 Å². The predicted molar refractivity (Wildman–Crippen MR) is 84.3 cm³/mol. The third-order valence-corrected chi connectivity index (χ3v) is 3.05. The van der Waals surface area contributed by atoms with Crippen LogP contribution in [0.2, 0.25) is 0 Å². The molecule has 1 aromatic heterocycles. The highest BCUT2D eigenvalue weighted by Crippen LogP contribution is 2.15. The number of hydrogen-bond donors (Lipinski definition) is 3. The first-order chi connectivity index (χ1) is 10.7. The molecule has 6 nitrogen and oxygen atoms in total. The number of amides is 3. The molecule has 114 valence electrons. The van der Waals surface area contributed by atoms with Crippen LogP contribution in [-0.4, -0.2) is 24.0 Å². The van der Waals surface area contributed by atoms with E-state index in [0.29, 0.717) is 12.2 Å². The maximum Gasteiger partial charge on any atom is 0.319 e. The first kappa shape index (κ1) is 15.5. The Morgan fingerprint density at radius 3 is 2.59 bits per heavy atom. The molecule has 0 atom stereocenters. The van der Waals surface area contributed by atoms with Crippen LogP contribution in [0, 0.1) is 0 Å². The lowest BCUT2D eigenvalue weighted by Gasteiger charge is -2.11. The Morgan fingerprint density at radius 2 is 1.86 bits per heavy atom. The molecule has 0 saturated carbocycles. The molecular weight excluding hydrogens is 280 g/mol. The van der Waals surface area contributed by atoms with Crippen LogP contribution in [0.25, 0.3) is 0 Å². The van der Waals surface area contributed by atoms with Gasteiger partial charge >= 0.3 is 6.03 Å². The minimum atomic E-state index is -0.338. The molecule has 0 bridgehead atoms. The van der Waals surface area contributed by atoms with Gasteiger partial charge in [0.15, 0.2) is 0 Å². The summed E-state index contributed by atoms with van der Waals surface area (Å²) < 4.78 is 0. The molecule has 6 heteroatoms. The molecule has 0 fully saturated rings. The average molecular weight is 298 g/mol. The van der Waals surface area contributed by atoms with Gasteiger partial charge in [-0.25, -0.2) is 4.79 Å². The van der Waals surface area contributed by atoms with Crippen molar-refractivity contribution in [2.75, 3.05) is 12.4 Å². The molecule has 1 heterocycles. The zero-order valence-corrected chi connectivity index (χ0v) is 12.3. The van der Waals surface area contributed by atoms with Crippen LogP contribution in [0.4, 0.5) is 10.5 Å². The lowest BCUT2D eigenvalue weighted by molar-refractivity contribution is -0.119. The topological polar surface area (TPSA) is 83.1 Å². The Bertz CT molecular complexity index is 644. The van der Waals surface area contributed by atoms with Gasteiger partial charge < -0.3 is 16.0 Å². The van der Waals surface area contributed by atoms with E-state index in [2.05, 4.69) is 20.9 Å². The molecule has 0 aliphatic carbocycles. The first-order valence-corrected chi connectivity index (χ1v) is 6.92. The monoisotopic (exact) mass is 298 g/mol. The minimum Gasteiger partial charge on any atom is -0.359 e. The Balaban J connectivity index is 1.95. The van der Waals surface area contributed by atoms with Crippen molar-refractivity contribution in [3.63, 3.8) is 0 Å². The molecule has 0 saturated heterocycles. The van der Waals surface area contributed by atoms with Gasteiger partial charge in [0.05, 0.1) is 18.7 Å². The fraction of sp³-hybridized carbons (Fsp3) is 0.188. The normalized spacial score (nSPS) is 9.86. The summed E-state index contributed by atoms with van der Waals surface area (Å²) in [5.41, 5.74) is 2.15. The van der Waals surface area contributed by atoms with Crippen LogP contribution in [0.1, 0.15) is 11.3 Å². The van der Waals surface area contributed by atoms with Crippen molar-refractivity contribution in [2.24, 2.45) is 0 Å². The van der Waals surface area contributed by atoms with Crippen molar-refractivity contribution in [3.8, 4) is 0 Å². The lowest BCUT2D eigenvalue weighted by atomic mass is 10.1. The number of aromatic nitrogens is 1. The van der Waals surface area contributed by atoms with Crippen LogP contribution in [0.5, 0.6) is 0 Å². The Hall–Kier alpha value is -2.89. The number of carbonyl (C=O) groups is 2. The van der Waals surface area contributed by atoms with Crippen molar-refractivity contribution in [1.29, 1.82) is 0 Å². The highest BCUT2D eigenvalue weighted by atomic mass is 16.2. The number of carbonyl (C=O) groups excluding carboxylic acids is 2. The van der Waals surface area contributed by atoms with Crippen molar-refractivity contribution >= 4 is 17.6 Å². The highest BCUT2D eigenvalue weighted by molar-refractivity contribution is 5.91. The largest absolute Gasteiger partial charge is 0.359 e. The van der Waals surface area contributed by atoms with E-state index in [4.69, 9.17) is 0 Å². The summed E-state index contributed by atoms with van der Waals surface area (Å²) in [5, 5.41) is 8.05. The van der Waals surface area contributed by atoms with Gasteiger partial charge in [-0.2, -0.15) is 0 Å². The number of nitrogens with zero attached hydrogens (tertiary/aromatic N) is 1. The van der Waals surface area contributed by atoms with Gasteiger partial charge in [0.25, 0.3) is 0 Å². The molecule has 0 radical (unpaired) electrons. The molecule has 0 aliphatic rings. The van der Waals surface area contributed by atoms with Gasteiger partial charge in [-0.15, -0.1) is 0 Å². The summed E-state index contributed by atoms with van der Waals surface area (Å²) >= 11 is 0. The van der Waals surface area contributed by atoms with E-state index >= 15 is 0 Å². The zero-order chi connectivity index (χ0) is 15.8. The summed E-state index contributed by atoms with van der Waals surface area (Å²) in [6.07, 6.45) is 1.89. The van der Waals surface area contributed by atoms with E-state index in [9.17, 15) is 9.59 Å². The van der Waals surface area contributed by atoms with Crippen molar-refractivity contribution in [3.05, 3.63) is 59.9 Å². The summed E-state index contributed by atoms with van der Waals surface area (Å²) in [5.74, 6) is -0.108. The van der Waals surface area contributed by atoms with E-state index in [1.165, 1.54) is 0 Å². The number of likely N-dealkylation sites (N-methyl/N-ethyl adjacent to an activating group) is 1. The van der Waals surface area contributed by atoms with Crippen LogP contribution in [0.3, 0.4) is 0 Å². The molecule has 3 amide bonds. The minimum absolute atomic E-state index is 0.108. The molecule has 22 heavy (non-hydrogen) atoms. The first-order valence-electron chi connectivity index (χ1n) is 6.92. The number of para-hydroxylation sites is 1. The zero-order valence-electron chi connectivity index (χ0n) is 12.3. The van der Waals surface area contributed by atoms with Gasteiger partial charge in [0.2, 0.25) is 5.91 Å². The highest BCUT2D eigenvalue weighted by Gasteiger charge is 2.09. The van der Waals surface area contributed by atoms with Gasteiger partial charge in [0.1, 0.15) is 0 Å².